The molecule has 2 unspecified atom stereocenters. The summed E-state index contributed by atoms with van der Waals surface area (Å²) in [4.78, 5) is 78.9. The summed E-state index contributed by atoms with van der Waals surface area (Å²) in [6, 6.07) is -1.71. The van der Waals surface area contributed by atoms with E-state index in [2.05, 4.69) is 29.7 Å². The number of hydroxylamine groups is 2. The van der Waals surface area contributed by atoms with Gasteiger partial charge in [0.25, 0.3) is 11.8 Å². The van der Waals surface area contributed by atoms with Gasteiger partial charge in [-0.1, -0.05) is 11.5 Å². The minimum absolute atomic E-state index is 0.0792. The number of hydrogen-bond donors (Lipinski definition) is 6. The topological polar surface area (TPSA) is 276 Å². The lowest BCUT2D eigenvalue weighted by molar-refractivity contribution is -0.176. The minimum atomic E-state index is -1.12. The Morgan fingerprint density at radius 2 is 1.40 bits per heavy atom. The van der Waals surface area contributed by atoms with Crippen LogP contribution < -0.4 is 22.1 Å². The Morgan fingerprint density at radius 3 is 1.85 bits per heavy atom. The smallest absolute Gasteiger partial charge is 0.480 e. The van der Waals surface area contributed by atoms with E-state index in [-0.39, 0.29) is 19.3 Å². The van der Waals surface area contributed by atoms with Gasteiger partial charge in [0.15, 0.2) is 0 Å². The fourth-order valence-corrected chi connectivity index (χ4v) is 2.60. The maximum Gasteiger partial charge on any atom is 0.533 e. The number of hydrogen-bond acceptors (Lipinski definition) is 13. The molecule has 1 heterocycles. The van der Waals surface area contributed by atoms with Crippen LogP contribution in [0.4, 0.5) is 14.4 Å². The van der Waals surface area contributed by atoms with Crippen LogP contribution in [0.1, 0.15) is 51.4 Å². The van der Waals surface area contributed by atoms with E-state index < -0.39 is 54.2 Å². The van der Waals surface area contributed by atoms with Crippen LogP contribution in [-0.4, -0.2) is 104 Å². The minimum Gasteiger partial charge on any atom is -0.480 e. The van der Waals surface area contributed by atoms with Crippen molar-refractivity contribution in [2.24, 2.45) is 11.5 Å². The summed E-state index contributed by atoms with van der Waals surface area (Å²) in [5.74, 6) is -3.10. The first-order chi connectivity index (χ1) is 18.8. The molecule has 0 spiro atoms. The van der Waals surface area contributed by atoms with Crippen LogP contribution in [-0.2, 0) is 38.2 Å². The number of carbonyl (C=O) groups is 7. The van der Waals surface area contributed by atoms with E-state index in [1.807, 2.05) is 0 Å². The molecule has 1 rings (SSSR count). The zero-order valence-electron chi connectivity index (χ0n) is 22.7. The van der Waals surface area contributed by atoms with E-state index in [0.29, 0.717) is 37.4 Å². The number of carboxylic acid groups (broad SMARTS) is 2. The normalized spacial score (nSPS) is 13.3. The molecule has 0 aliphatic carbocycles. The number of nitrogens with zero attached hydrogens (tertiary/aromatic N) is 1. The lowest BCUT2D eigenvalue weighted by atomic mass is 10.1. The van der Waals surface area contributed by atoms with Crippen molar-refractivity contribution < 1.29 is 62.8 Å². The third-order valence-corrected chi connectivity index (χ3v) is 4.77. The summed E-state index contributed by atoms with van der Waals surface area (Å²) in [6.07, 6.45) is 1.31. The third-order valence-electron chi connectivity index (χ3n) is 4.77. The Kier molecular flexibility index (Phi) is 21.6. The number of rotatable bonds is 13. The number of carbonyl (C=O) groups excluding carboxylic acids is 5. The molecule has 0 aromatic rings. The number of methoxy groups -OCH3 is 3. The number of nitrogens with two attached hydrogens (primary N) is 2. The number of aliphatic carboxylic acids is 2. The second-order valence-corrected chi connectivity index (χ2v) is 7.80. The van der Waals surface area contributed by atoms with Crippen molar-refractivity contribution in [3.8, 4) is 0 Å². The molecular formula is C22H39N5O13. The van der Waals surface area contributed by atoms with E-state index >= 15 is 0 Å². The molecule has 1 aliphatic rings. The van der Waals surface area contributed by atoms with Gasteiger partial charge >= 0.3 is 30.3 Å². The van der Waals surface area contributed by atoms with Crippen molar-refractivity contribution >= 4 is 42.1 Å². The fourth-order valence-electron chi connectivity index (χ4n) is 2.60. The van der Waals surface area contributed by atoms with E-state index in [0.717, 1.165) is 27.1 Å². The van der Waals surface area contributed by atoms with Crippen LogP contribution in [0.2, 0.25) is 0 Å². The molecule has 0 aromatic carbocycles. The number of alkyl carbamates (subject to hydrolysis) is 2. The van der Waals surface area contributed by atoms with Crippen molar-refractivity contribution in [3.05, 3.63) is 0 Å². The Labute approximate surface area is 230 Å². The van der Waals surface area contributed by atoms with Crippen molar-refractivity contribution in [3.63, 3.8) is 0 Å². The van der Waals surface area contributed by atoms with Gasteiger partial charge in [0.05, 0.1) is 21.3 Å². The molecule has 0 bridgehead atoms. The van der Waals surface area contributed by atoms with E-state index in [9.17, 15) is 33.6 Å². The second-order valence-electron chi connectivity index (χ2n) is 7.80. The highest BCUT2D eigenvalue weighted by Crippen LogP contribution is 2.12. The van der Waals surface area contributed by atoms with Gasteiger partial charge in [0.2, 0.25) is 0 Å². The summed E-state index contributed by atoms with van der Waals surface area (Å²) < 4.78 is 12.8. The van der Waals surface area contributed by atoms with Gasteiger partial charge in [-0.05, 0) is 38.6 Å². The van der Waals surface area contributed by atoms with Crippen LogP contribution in [0.25, 0.3) is 0 Å². The molecule has 1 aliphatic heterocycles. The van der Waals surface area contributed by atoms with Crippen LogP contribution in [0.3, 0.4) is 0 Å². The quantitative estimate of drug-likeness (QED) is 0.0703. The molecular weight excluding hydrogens is 542 g/mol. The molecule has 8 N–H and O–H groups in total. The number of amides is 4. The number of imide groups is 1. The van der Waals surface area contributed by atoms with Gasteiger partial charge in [-0.2, -0.15) is 0 Å². The Hall–Kier alpha value is -4.19. The van der Waals surface area contributed by atoms with Gasteiger partial charge in [0.1, 0.15) is 12.1 Å². The molecule has 40 heavy (non-hydrogen) atoms. The first-order valence-electron chi connectivity index (χ1n) is 12.0. The lowest BCUT2D eigenvalue weighted by Gasteiger charge is -2.13. The largest absolute Gasteiger partial charge is 0.533 e. The predicted octanol–water partition coefficient (Wildman–Crippen LogP) is -0.317. The van der Waals surface area contributed by atoms with Gasteiger partial charge in [0, 0.05) is 19.4 Å². The molecule has 18 heteroatoms. The van der Waals surface area contributed by atoms with Crippen molar-refractivity contribution in [2.45, 2.75) is 63.5 Å². The van der Waals surface area contributed by atoms with Crippen LogP contribution in [0, 0.1) is 0 Å². The summed E-state index contributed by atoms with van der Waals surface area (Å²) >= 11 is 0. The molecule has 2 atom stereocenters. The predicted molar refractivity (Wildman–Crippen MR) is 134 cm³/mol. The first-order valence-corrected chi connectivity index (χ1v) is 12.0. The average Bonchev–Trinajstić information content (AvgIpc) is 3.24. The average molecular weight is 582 g/mol. The Balaban J connectivity index is 0. The Bertz CT molecular complexity index is 824. The first kappa shape index (κ1) is 38.0. The van der Waals surface area contributed by atoms with Crippen molar-refractivity contribution in [1.82, 2.24) is 15.7 Å². The number of unbranched alkanes of at least 4 members (excludes halogenated alkanes) is 2. The summed E-state index contributed by atoms with van der Waals surface area (Å²) in [5.41, 5.74) is 10.4. The van der Waals surface area contributed by atoms with Crippen molar-refractivity contribution in [2.75, 3.05) is 34.4 Å². The molecule has 230 valence electrons. The zero-order chi connectivity index (χ0) is 31.1. The number of ether oxygens (including phenoxy) is 3. The summed E-state index contributed by atoms with van der Waals surface area (Å²) in [7, 11) is 3.51. The highest BCUT2D eigenvalue weighted by Gasteiger charge is 2.33. The third kappa shape index (κ3) is 19.0. The highest BCUT2D eigenvalue weighted by atomic mass is 16.8. The van der Waals surface area contributed by atoms with Gasteiger partial charge in [-0.25, -0.2) is 19.2 Å². The molecule has 0 radical (unpaired) electrons. The molecule has 0 saturated carbocycles. The van der Waals surface area contributed by atoms with Crippen LogP contribution in [0.15, 0.2) is 0 Å². The SMILES string of the molecule is COC(=O)NCCCCC(NC(=O)OC)C(=O)O.COC(=O)ON1C(=O)CCC1=O.NCCCCC(N)C(=O)O. The van der Waals surface area contributed by atoms with E-state index in [1.54, 1.807) is 0 Å². The fraction of sp³-hybridized carbons (Fsp3) is 0.682. The van der Waals surface area contributed by atoms with Gasteiger partial charge < -0.3 is 46.5 Å². The zero-order valence-corrected chi connectivity index (χ0v) is 22.7. The molecule has 1 saturated heterocycles. The van der Waals surface area contributed by atoms with E-state index in [1.165, 1.54) is 7.11 Å². The van der Waals surface area contributed by atoms with Gasteiger partial charge in [-0.15, -0.1) is 0 Å². The Morgan fingerprint density at radius 1 is 0.850 bits per heavy atom. The van der Waals surface area contributed by atoms with Gasteiger partial charge in [-0.3, -0.25) is 19.2 Å². The van der Waals surface area contributed by atoms with Crippen LogP contribution in [0.5, 0.6) is 0 Å². The maximum atomic E-state index is 10.9. The molecule has 0 aromatic heterocycles. The van der Waals surface area contributed by atoms with E-state index in [4.69, 9.17) is 21.7 Å². The summed E-state index contributed by atoms with van der Waals surface area (Å²) in [5, 5.41) is 22.3. The molecule has 4 amide bonds. The standard InChI is InChI=1S/C10H18N2O6.C6H14N2O2.C6H7NO5/c1-17-9(15)11-6-4-3-5-7(8(13)14)12-10(16)18-2;7-4-2-1-3-5(8)6(9)10;1-11-6(10)12-7-4(8)2-3-5(7)9/h7H,3-6H2,1-2H3,(H,11,15)(H,12,16)(H,13,14);5H,1-4,7-8H2,(H,9,10);2-3H2,1H3. The highest BCUT2D eigenvalue weighted by molar-refractivity contribution is 6.01. The maximum absolute atomic E-state index is 10.9. The molecule has 18 nitrogen and oxygen atoms in total. The summed E-state index contributed by atoms with van der Waals surface area (Å²) in [6.45, 7) is 0.990. The van der Waals surface area contributed by atoms with Crippen LogP contribution >= 0.6 is 0 Å². The number of carboxylic acids is 2. The molecule has 1 fully saturated rings. The second kappa shape index (κ2) is 22.8. The lowest BCUT2D eigenvalue weighted by Crippen LogP contribution is -2.40. The van der Waals surface area contributed by atoms with Crippen molar-refractivity contribution in [1.29, 1.82) is 0 Å². The number of nitrogens with one attached hydrogen (secondary N) is 2. The monoisotopic (exact) mass is 581 g/mol.